The number of hydrogen-bond donors (Lipinski definition) is 5. The molecule has 0 aliphatic carbocycles. The van der Waals surface area contributed by atoms with E-state index in [1.807, 2.05) is 6.07 Å². The molecular weight excluding hydrogens is 276 g/mol. The van der Waals surface area contributed by atoms with E-state index >= 15 is 0 Å². The molecule has 2 aromatic carbocycles. The van der Waals surface area contributed by atoms with Crippen LogP contribution in [-0.2, 0) is 0 Å². The number of hydrazine groups is 1. The first-order chi connectivity index (χ1) is 9.60. The van der Waals surface area contributed by atoms with E-state index in [1.54, 1.807) is 12.1 Å². The van der Waals surface area contributed by atoms with Gasteiger partial charge in [0.05, 0.1) is 21.6 Å². The summed E-state index contributed by atoms with van der Waals surface area (Å²) in [6.07, 6.45) is 0. The third-order valence-electron chi connectivity index (χ3n) is 2.96. The second kappa shape index (κ2) is 4.55. The van der Waals surface area contributed by atoms with Gasteiger partial charge < -0.3 is 21.4 Å². The van der Waals surface area contributed by atoms with Crippen LogP contribution in [-0.4, -0.2) is 15.2 Å². The number of rotatable bonds is 2. The maximum Gasteiger partial charge on any atom is 0.158 e. The molecule has 0 aliphatic heterocycles. The van der Waals surface area contributed by atoms with Gasteiger partial charge in [0.2, 0.25) is 0 Å². The first-order valence-corrected chi connectivity index (χ1v) is 6.60. The van der Waals surface area contributed by atoms with Gasteiger partial charge >= 0.3 is 0 Å². The molecule has 0 unspecified atom stereocenters. The Morgan fingerprint density at radius 1 is 1.10 bits per heavy atom. The van der Waals surface area contributed by atoms with E-state index in [0.717, 1.165) is 10.2 Å². The van der Waals surface area contributed by atoms with Gasteiger partial charge in [-0.2, -0.15) is 0 Å². The molecule has 0 saturated heterocycles. The standard InChI is InChI=1S/C13H12N4O2S/c14-7-2-3-8-12(11(7)17-15)20-13(16-8)6-1-4-9(18)10(19)5-6/h1-5,17-19H,14-15H2. The van der Waals surface area contributed by atoms with Crippen LogP contribution in [0.3, 0.4) is 0 Å². The highest BCUT2D eigenvalue weighted by Gasteiger charge is 2.12. The zero-order valence-electron chi connectivity index (χ0n) is 10.3. The van der Waals surface area contributed by atoms with Crippen LogP contribution in [0.1, 0.15) is 0 Å². The van der Waals surface area contributed by atoms with Gasteiger partial charge in [0.15, 0.2) is 11.5 Å². The van der Waals surface area contributed by atoms with Gasteiger partial charge in [0.25, 0.3) is 0 Å². The molecule has 0 saturated carbocycles. The number of nitrogens with one attached hydrogen (secondary N) is 1. The number of fused-ring (bicyclic) bond motifs is 1. The third-order valence-corrected chi connectivity index (χ3v) is 4.09. The van der Waals surface area contributed by atoms with E-state index in [4.69, 9.17) is 11.6 Å². The first-order valence-electron chi connectivity index (χ1n) is 5.78. The number of aromatic hydroxyl groups is 2. The van der Waals surface area contributed by atoms with Gasteiger partial charge in [-0.05, 0) is 30.3 Å². The van der Waals surface area contributed by atoms with E-state index in [1.165, 1.54) is 23.5 Å². The Labute approximate surface area is 118 Å². The Hall–Kier alpha value is -2.51. The van der Waals surface area contributed by atoms with Crippen LogP contribution in [0.25, 0.3) is 20.8 Å². The summed E-state index contributed by atoms with van der Waals surface area (Å²) in [5, 5.41) is 19.6. The van der Waals surface area contributed by atoms with Crippen molar-refractivity contribution in [3.63, 3.8) is 0 Å². The predicted molar refractivity (Wildman–Crippen MR) is 80.6 cm³/mol. The summed E-state index contributed by atoms with van der Waals surface area (Å²) < 4.78 is 0.843. The molecule has 7 heteroatoms. The van der Waals surface area contributed by atoms with E-state index < -0.39 is 0 Å². The summed E-state index contributed by atoms with van der Waals surface area (Å²) in [5.41, 5.74) is 11.1. The number of nitrogens with zero attached hydrogens (tertiary/aromatic N) is 1. The van der Waals surface area contributed by atoms with Crippen molar-refractivity contribution in [2.24, 2.45) is 5.84 Å². The summed E-state index contributed by atoms with van der Waals surface area (Å²) in [5.74, 6) is 5.14. The average Bonchev–Trinajstić information content (AvgIpc) is 2.86. The average molecular weight is 288 g/mol. The maximum absolute atomic E-state index is 9.56. The number of anilines is 2. The smallest absolute Gasteiger partial charge is 0.158 e. The van der Waals surface area contributed by atoms with Crippen molar-refractivity contribution >= 4 is 32.9 Å². The van der Waals surface area contributed by atoms with Gasteiger partial charge in [-0.3, -0.25) is 5.84 Å². The molecule has 0 bridgehead atoms. The minimum Gasteiger partial charge on any atom is -0.504 e. The molecule has 102 valence electrons. The van der Waals surface area contributed by atoms with Gasteiger partial charge in [0.1, 0.15) is 5.01 Å². The SMILES string of the molecule is NNc1c(N)ccc2nc(-c3ccc(O)c(O)c3)sc12. The lowest BCUT2D eigenvalue weighted by atomic mass is 10.2. The van der Waals surface area contributed by atoms with Crippen LogP contribution in [0, 0.1) is 0 Å². The zero-order valence-corrected chi connectivity index (χ0v) is 11.1. The van der Waals surface area contributed by atoms with Gasteiger partial charge in [0, 0.05) is 5.56 Å². The molecular formula is C13H12N4O2S. The highest BCUT2D eigenvalue weighted by atomic mass is 32.1. The highest BCUT2D eigenvalue weighted by Crippen LogP contribution is 2.39. The van der Waals surface area contributed by atoms with Gasteiger partial charge in [-0.25, -0.2) is 4.98 Å². The zero-order chi connectivity index (χ0) is 14.3. The van der Waals surface area contributed by atoms with Gasteiger partial charge in [-0.15, -0.1) is 11.3 Å². The lowest BCUT2D eigenvalue weighted by Gasteiger charge is -2.03. The van der Waals surface area contributed by atoms with Crippen molar-refractivity contribution in [1.29, 1.82) is 0 Å². The van der Waals surface area contributed by atoms with Crippen LogP contribution in [0.5, 0.6) is 11.5 Å². The fraction of sp³-hybridized carbons (Fsp3) is 0. The first kappa shape index (κ1) is 12.5. The summed E-state index contributed by atoms with van der Waals surface area (Å²) in [6.45, 7) is 0. The summed E-state index contributed by atoms with van der Waals surface area (Å²) in [4.78, 5) is 4.48. The van der Waals surface area contributed by atoms with Crippen molar-refractivity contribution < 1.29 is 10.2 Å². The highest BCUT2D eigenvalue weighted by molar-refractivity contribution is 7.22. The minimum atomic E-state index is -0.182. The Morgan fingerprint density at radius 3 is 2.60 bits per heavy atom. The molecule has 7 N–H and O–H groups in total. The molecule has 1 heterocycles. The van der Waals surface area contributed by atoms with Crippen molar-refractivity contribution in [3.05, 3.63) is 30.3 Å². The molecule has 3 aromatic rings. The Kier molecular flexibility index (Phi) is 2.85. The van der Waals surface area contributed by atoms with E-state index in [9.17, 15) is 10.2 Å². The minimum absolute atomic E-state index is 0.164. The molecule has 0 radical (unpaired) electrons. The molecule has 0 amide bonds. The van der Waals surface area contributed by atoms with E-state index in [2.05, 4.69) is 10.4 Å². The monoisotopic (exact) mass is 288 g/mol. The van der Waals surface area contributed by atoms with Crippen molar-refractivity contribution in [2.45, 2.75) is 0 Å². The van der Waals surface area contributed by atoms with Crippen LogP contribution in [0.15, 0.2) is 30.3 Å². The van der Waals surface area contributed by atoms with Crippen LogP contribution >= 0.6 is 11.3 Å². The van der Waals surface area contributed by atoms with Crippen molar-refractivity contribution in [1.82, 2.24) is 4.98 Å². The third kappa shape index (κ3) is 1.89. The number of phenolic OH excluding ortho intramolecular Hbond substituents is 2. The fourth-order valence-corrected chi connectivity index (χ4v) is 3.02. The molecule has 6 nitrogen and oxygen atoms in total. The Morgan fingerprint density at radius 2 is 1.90 bits per heavy atom. The van der Waals surface area contributed by atoms with Crippen molar-refractivity contribution in [3.8, 4) is 22.1 Å². The summed E-state index contributed by atoms with van der Waals surface area (Å²) in [6, 6.07) is 8.12. The molecule has 0 spiro atoms. The lowest BCUT2D eigenvalue weighted by molar-refractivity contribution is 0.404. The normalized spacial score (nSPS) is 10.8. The van der Waals surface area contributed by atoms with Crippen molar-refractivity contribution in [2.75, 3.05) is 11.2 Å². The summed E-state index contributed by atoms with van der Waals surface area (Å²) >= 11 is 1.40. The molecule has 0 atom stereocenters. The number of phenols is 2. The second-order valence-corrected chi connectivity index (χ2v) is 5.24. The topological polar surface area (TPSA) is 117 Å². The summed E-state index contributed by atoms with van der Waals surface area (Å²) in [7, 11) is 0. The van der Waals surface area contributed by atoms with Crippen LogP contribution in [0.2, 0.25) is 0 Å². The van der Waals surface area contributed by atoms with Gasteiger partial charge in [-0.1, -0.05) is 0 Å². The largest absolute Gasteiger partial charge is 0.504 e. The Bertz CT molecular complexity index is 800. The number of nitrogen functional groups attached to an aromatic ring is 2. The Balaban J connectivity index is 2.20. The number of thiazole rings is 1. The molecule has 20 heavy (non-hydrogen) atoms. The number of hydrogen-bond acceptors (Lipinski definition) is 7. The molecule has 0 aliphatic rings. The van der Waals surface area contributed by atoms with Crippen LogP contribution < -0.4 is 17.0 Å². The number of benzene rings is 2. The maximum atomic E-state index is 9.56. The van der Waals surface area contributed by atoms with Crippen LogP contribution in [0.4, 0.5) is 11.4 Å². The van der Waals surface area contributed by atoms with E-state index in [0.29, 0.717) is 21.9 Å². The lowest BCUT2D eigenvalue weighted by Crippen LogP contribution is -2.08. The fourth-order valence-electron chi connectivity index (χ4n) is 1.94. The van der Waals surface area contributed by atoms with E-state index in [-0.39, 0.29) is 11.5 Å². The predicted octanol–water partition coefficient (Wildman–Crippen LogP) is 2.24. The number of aromatic nitrogens is 1. The number of nitrogens with two attached hydrogens (primary N) is 2. The molecule has 1 aromatic heterocycles. The quantitative estimate of drug-likeness (QED) is 0.214. The molecule has 3 rings (SSSR count). The molecule has 0 fully saturated rings. The second-order valence-electron chi connectivity index (χ2n) is 4.24.